The van der Waals surface area contributed by atoms with Crippen molar-refractivity contribution in [1.82, 2.24) is 0 Å². The monoisotopic (exact) mass is 231 g/mol. The van der Waals surface area contributed by atoms with Gasteiger partial charge < -0.3 is 9.84 Å². The molecule has 5 nitrogen and oxygen atoms in total. The van der Waals surface area contributed by atoms with E-state index in [0.29, 0.717) is 5.75 Å². The number of alkyl halides is 1. The molecule has 82 valence electrons. The smallest absolute Gasteiger partial charge is 0.269 e. The average molecular weight is 232 g/mol. The second kappa shape index (κ2) is 5.53. The number of nitrogens with zero attached hydrogens (tertiary/aromatic N) is 1. The maximum absolute atomic E-state index is 10.3. The van der Waals surface area contributed by atoms with Gasteiger partial charge in [-0.15, -0.1) is 11.6 Å². The van der Waals surface area contributed by atoms with Crippen molar-refractivity contribution < 1.29 is 14.8 Å². The first-order valence-electron chi connectivity index (χ1n) is 4.24. The van der Waals surface area contributed by atoms with Crippen molar-refractivity contribution in [2.24, 2.45) is 0 Å². The van der Waals surface area contributed by atoms with E-state index in [1.165, 1.54) is 24.3 Å². The molecule has 0 radical (unpaired) electrons. The van der Waals surface area contributed by atoms with Crippen LogP contribution < -0.4 is 4.74 Å². The van der Waals surface area contributed by atoms with Crippen molar-refractivity contribution in [3.63, 3.8) is 0 Å². The van der Waals surface area contributed by atoms with Crippen LogP contribution in [0.15, 0.2) is 24.3 Å². The van der Waals surface area contributed by atoms with E-state index in [4.69, 9.17) is 21.4 Å². The van der Waals surface area contributed by atoms with Crippen LogP contribution in [-0.4, -0.2) is 28.6 Å². The SMILES string of the molecule is O=[N+]([O-])c1ccc(OCC(O)CCl)cc1. The normalized spacial score (nSPS) is 12.1. The van der Waals surface area contributed by atoms with Crippen molar-refractivity contribution in [2.45, 2.75) is 6.10 Å². The first-order valence-corrected chi connectivity index (χ1v) is 4.78. The number of non-ortho nitro benzene ring substituents is 1. The molecule has 1 rings (SSSR count). The summed E-state index contributed by atoms with van der Waals surface area (Å²) in [4.78, 5) is 9.84. The number of ether oxygens (including phenoxy) is 1. The number of rotatable bonds is 5. The average Bonchev–Trinajstić information content (AvgIpc) is 2.26. The summed E-state index contributed by atoms with van der Waals surface area (Å²) in [5.74, 6) is 0.553. The molecule has 15 heavy (non-hydrogen) atoms. The molecular formula is C9H10ClNO4. The van der Waals surface area contributed by atoms with Gasteiger partial charge in [0.05, 0.1) is 10.8 Å². The maximum Gasteiger partial charge on any atom is 0.269 e. The number of hydrogen-bond donors (Lipinski definition) is 1. The standard InChI is InChI=1S/C9H10ClNO4/c10-5-8(12)6-15-9-3-1-7(2-4-9)11(13)14/h1-4,8,12H,5-6H2. The molecular weight excluding hydrogens is 222 g/mol. The van der Waals surface area contributed by atoms with Crippen LogP contribution in [-0.2, 0) is 0 Å². The number of hydrogen-bond acceptors (Lipinski definition) is 4. The van der Waals surface area contributed by atoms with Gasteiger partial charge in [0.1, 0.15) is 18.5 Å². The summed E-state index contributed by atoms with van der Waals surface area (Å²) in [6.07, 6.45) is -0.734. The van der Waals surface area contributed by atoms with Crippen molar-refractivity contribution in [1.29, 1.82) is 0 Å². The number of nitro groups is 1. The predicted octanol–water partition coefficient (Wildman–Crippen LogP) is 1.57. The zero-order valence-corrected chi connectivity index (χ0v) is 8.55. The van der Waals surface area contributed by atoms with Crippen LogP contribution >= 0.6 is 11.6 Å². The summed E-state index contributed by atoms with van der Waals surface area (Å²) in [6, 6.07) is 5.61. The Morgan fingerprint density at radius 1 is 1.47 bits per heavy atom. The lowest BCUT2D eigenvalue weighted by atomic mass is 10.3. The highest BCUT2D eigenvalue weighted by Gasteiger charge is 2.06. The van der Waals surface area contributed by atoms with Crippen LogP contribution in [0.3, 0.4) is 0 Å². The molecule has 0 spiro atoms. The zero-order chi connectivity index (χ0) is 11.3. The largest absolute Gasteiger partial charge is 0.491 e. The Labute approximate surface area is 91.4 Å². The molecule has 0 aliphatic heterocycles. The predicted molar refractivity (Wildman–Crippen MR) is 55.3 cm³/mol. The molecule has 1 atom stereocenters. The quantitative estimate of drug-likeness (QED) is 0.474. The molecule has 0 bridgehead atoms. The molecule has 1 aromatic rings. The van der Waals surface area contributed by atoms with E-state index in [1.54, 1.807) is 0 Å². The minimum atomic E-state index is -0.734. The molecule has 6 heteroatoms. The summed E-state index contributed by atoms with van der Waals surface area (Å²) < 4.78 is 5.14. The lowest BCUT2D eigenvalue weighted by Gasteiger charge is -2.08. The molecule has 0 fully saturated rings. The van der Waals surface area contributed by atoms with Crippen molar-refractivity contribution >= 4 is 17.3 Å². The third-order valence-electron chi connectivity index (χ3n) is 1.67. The maximum atomic E-state index is 10.3. The summed E-state index contributed by atoms with van der Waals surface area (Å²) >= 11 is 5.37. The van der Waals surface area contributed by atoms with E-state index < -0.39 is 11.0 Å². The summed E-state index contributed by atoms with van der Waals surface area (Å²) in [5, 5.41) is 19.4. The molecule has 0 saturated carbocycles. The molecule has 0 saturated heterocycles. The van der Waals surface area contributed by atoms with Crippen molar-refractivity contribution in [3.05, 3.63) is 34.4 Å². The topological polar surface area (TPSA) is 72.6 Å². The van der Waals surface area contributed by atoms with Gasteiger partial charge in [-0.3, -0.25) is 10.1 Å². The van der Waals surface area contributed by atoms with Gasteiger partial charge in [0.25, 0.3) is 5.69 Å². The van der Waals surface area contributed by atoms with Gasteiger partial charge >= 0.3 is 0 Å². The number of benzene rings is 1. The van der Waals surface area contributed by atoms with Crippen LogP contribution in [0.5, 0.6) is 5.75 Å². The molecule has 1 N–H and O–H groups in total. The summed E-state index contributed by atoms with van der Waals surface area (Å²) in [6.45, 7) is 0.0707. The molecule has 0 aliphatic carbocycles. The lowest BCUT2D eigenvalue weighted by Crippen LogP contribution is -2.18. The Balaban J connectivity index is 2.53. The summed E-state index contributed by atoms with van der Waals surface area (Å²) in [7, 11) is 0. The Hall–Kier alpha value is -1.33. The van der Waals surface area contributed by atoms with E-state index in [-0.39, 0.29) is 18.2 Å². The van der Waals surface area contributed by atoms with Crippen LogP contribution in [0.1, 0.15) is 0 Å². The van der Waals surface area contributed by atoms with E-state index in [9.17, 15) is 10.1 Å². The number of nitro benzene ring substituents is 1. The van der Waals surface area contributed by atoms with Gasteiger partial charge in [0.2, 0.25) is 0 Å². The highest BCUT2D eigenvalue weighted by molar-refractivity contribution is 6.18. The van der Waals surface area contributed by atoms with Crippen molar-refractivity contribution in [2.75, 3.05) is 12.5 Å². The summed E-state index contributed by atoms with van der Waals surface area (Å²) in [5.41, 5.74) is 0.000224. The van der Waals surface area contributed by atoms with Crippen LogP contribution in [0.2, 0.25) is 0 Å². The Kier molecular flexibility index (Phi) is 4.33. The molecule has 1 aromatic carbocycles. The van der Waals surface area contributed by atoms with Gasteiger partial charge in [-0.1, -0.05) is 0 Å². The second-order valence-electron chi connectivity index (χ2n) is 2.87. The number of aliphatic hydroxyl groups is 1. The first kappa shape index (κ1) is 11.7. The third kappa shape index (κ3) is 3.73. The minimum absolute atomic E-state index is 0.000224. The van der Waals surface area contributed by atoms with Gasteiger partial charge in [-0.2, -0.15) is 0 Å². The van der Waals surface area contributed by atoms with E-state index in [0.717, 1.165) is 0 Å². The van der Waals surface area contributed by atoms with Crippen molar-refractivity contribution in [3.8, 4) is 5.75 Å². The first-order chi connectivity index (χ1) is 7.13. The Morgan fingerprint density at radius 3 is 2.53 bits per heavy atom. The number of halogens is 1. The highest BCUT2D eigenvalue weighted by atomic mass is 35.5. The van der Waals surface area contributed by atoms with Gasteiger partial charge in [0, 0.05) is 12.1 Å². The van der Waals surface area contributed by atoms with Gasteiger partial charge in [-0.05, 0) is 12.1 Å². The fourth-order valence-electron chi connectivity index (χ4n) is 0.901. The van der Waals surface area contributed by atoms with Crippen LogP contribution in [0.4, 0.5) is 5.69 Å². The molecule has 1 unspecified atom stereocenters. The van der Waals surface area contributed by atoms with Gasteiger partial charge in [0.15, 0.2) is 0 Å². The van der Waals surface area contributed by atoms with Gasteiger partial charge in [-0.25, -0.2) is 0 Å². The Bertz CT molecular complexity index is 327. The third-order valence-corrected chi connectivity index (χ3v) is 2.02. The fraction of sp³-hybridized carbons (Fsp3) is 0.333. The van der Waals surface area contributed by atoms with Crippen LogP contribution in [0, 0.1) is 10.1 Å². The van der Waals surface area contributed by atoms with E-state index in [2.05, 4.69) is 0 Å². The number of aliphatic hydroxyl groups excluding tert-OH is 1. The zero-order valence-electron chi connectivity index (χ0n) is 7.80. The molecule has 0 aliphatic rings. The Morgan fingerprint density at radius 2 is 2.07 bits per heavy atom. The minimum Gasteiger partial charge on any atom is -0.491 e. The van der Waals surface area contributed by atoms with E-state index >= 15 is 0 Å². The van der Waals surface area contributed by atoms with E-state index in [1.807, 2.05) is 0 Å². The van der Waals surface area contributed by atoms with Crippen LogP contribution in [0.25, 0.3) is 0 Å². The molecule has 0 amide bonds. The molecule has 0 aromatic heterocycles. The second-order valence-corrected chi connectivity index (χ2v) is 3.18. The molecule has 0 heterocycles. The highest BCUT2D eigenvalue weighted by Crippen LogP contribution is 2.17. The lowest BCUT2D eigenvalue weighted by molar-refractivity contribution is -0.384. The fourth-order valence-corrected chi connectivity index (χ4v) is 0.990.